The van der Waals surface area contributed by atoms with E-state index in [2.05, 4.69) is 20.7 Å². The Kier molecular flexibility index (Phi) is 7.13. The van der Waals surface area contributed by atoms with Gasteiger partial charge >= 0.3 is 0 Å². The van der Waals surface area contributed by atoms with Crippen molar-refractivity contribution < 1.29 is 18.7 Å². The highest BCUT2D eigenvalue weighted by molar-refractivity contribution is 7.14. The van der Waals surface area contributed by atoms with E-state index in [1.807, 2.05) is 30.3 Å². The van der Waals surface area contributed by atoms with Crippen molar-refractivity contribution in [1.82, 2.24) is 20.1 Å². The maximum absolute atomic E-state index is 12.7. The second-order valence-corrected chi connectivity index (χ2v) is 7.97. The molecule has 34 heavy (non-hydrogen) atoms. The van der Waals surface area contributed by atoms with Crippen LogP contribution in [0.5, 0.6) is 5.75 Å². The Balaban J connectivity index is 1.37. The van der Waals surface area contributed by atoms with Crippen molar-refractivity contribution in [2.45, 2.75) is 20.0 Å². The van der Waals surface area contributed by atoms with Crippen LogP contribution in [0.1, 0.15) is 23.2 Å². The molecule has 0 saturated carbocycles. The lowest BCUT2D eigenvalue weighted by Gasteiger charge is -2.08. The summed E-state index contributed by atoms with van der Waals surface area (Å²) in [5, 5.41) is 11.6. The Labute approximate surface area is 198 Å². The smallest absolute Gasteiger partial charge is 0.277 e. The molecular formula is C23H21N5O5S. The van der Waals surface area contributed by atoms with Crippen molar-refractivity contribution in [2.75, 3.05) is 11.9 Å². The second kappa shape index (κ2) is 10.6. The molecule has 11 heteroatoms. The van der Waals surface area contributed by atoms with Crippen molar-refractivity contribution in [3.05, 3.63) is 81.8 Å². The number of nitrogens with one attached hydrogen (secondary N) is 2. The van der Waals surface area contributed by atoms with E-state index in [1.54, 1.807) is 17.5 Å². The van der Waals surface area contributed by atoms with Gasteiger partial charge in [0.2, 0.25) is 5.91 Å². The molecule has 0 unspecified atom stereocenters. The number of carbonyl (C=O) groups is 2. The first-order valence-corrected chi connectivity index (χ1v) is 11.2. The zero-order valence-electron chi connectivity index (χ0n) is 18.2. The predicted octanol–water partition coefficient (Wildman–Crippen LogP) is 2.93. The fourth-order valence-corrected chi connectivity index (χ4v) is 3.62. The van der Waals surface area contributed by atoms with Crippen molar-refractivity contribution in [1.29, 1.82) is 0 Å². The third-order valence-corrected chi connectivity index (χ3v) is 5.32. The fraction of sp³-hybridized carbons (Fsp3) is 0.174. The SMILES string of the molecule is CC(=O)NCc1ccc(-c2csc(NC(=O)c3ccc(=O)n(CCOc4ccccc4)n3)n2)o1. The van der Waals surface area contributed by atoms with E-state index in [4.69, 9.17) is 9.15 Å². The van der Waals surface area contributed by atoms with Gasteiger partial charge in [0.05, 0.1) is 13.1 Å². The van der Waals surface area contributed by atoms with Gasteiger partial charge in [-0.25, -0.2) is 9.67 Å². The summed E-state index contributed by atoms with van der Waals surface area (Å²) >= 11 is 1.22. The highest BCUT2D eigenvalue weighted by atomic mass is 32.1. The summed E-state index contributed by atoms with van der Waals surface area (Å²) in [6.07, 6.45) is 0. The van der Waals surface area contributed by atoms with Crippen molar-refractivity contribution in [3.8, 4) is 17.2 Å². The zero-order valence-corrected chi connectivity index (χ0v) is 19.0. The van der Waals surface area contributed by atoms with Crippen LogP contribution in [0.3, 0.4) is 0 Å². The van der Waals surface area contributed by atoms with Crippen LogP contribution in [0.2, 0.25) is 0 Å². The Morgan fingerprint density at radius 2 is 1.94 bits per heavy atom. The molecule has 0 saturated heterocycles. The summed E-state index contributed by atoms with van der Waals surface area (Å²) in [6, 6.07) is 15.4. The summed E-state index contributed by atoms with van der Waals surface area (Å²) < 4.78 is 12.5. The number of nitrogens with zero attached hydrogens (tertiary/aromatic N) is 3. The van der Waals surface area contributed by atoms with Crippen LogP contribution in [0.25, 0.3) is 11.5 Å². The van der Waals surface area contributed by atoms with E-state index in [-0.39, 0.29) is 36.9 Å². The maximum atomic E-state index is 12.7. The number of amides is 2. The number of ether oxygens (including phenoxy) is 1. The van der Waals surface area contributed by atoms with Gasteiger partial charge in [0.1, 0.15) is 29.5 Å². The van der Waals surface area contributed by atoms with Crippen molar-refractivity contribution >= 4 is 28.3 Å². The average Bonchev–Trinajstić information content (AvgIpc) is 3.49. The van der Waals surface area contributed by atoms with Gasteiger partial charge in [0.15, 0.2) is 10.9 Å². The first-order chi connectivity index (χ1) is 16.5. The summed E-state index contributed by atoms with van der Waals surface area (Å²) in [6.45, 7) is 2.12. The predicted molar refractivity (Wildman–Crippen MR) is 126 cm³/mol. The number of furan rings is 1. The number of carbonyl (C=O) groups excluding carboxylic acids is 2. The minimum absolute atomic E-state index is 0.0756. The largest absolute Gasteiger partial charge is 0.492 e. The van der Waals surface area contributed by atoms with Gasteiger partial charge in [-0.3, -0.25) is 19.7 Å². The van der Waals surface area contributed by atoms with E-state index < -0.39 is 5.91 Å². The Morgan fingerprint density at radius 1 is 1.12 bits per heavy atom. The summed E-state index contributed by atoms with van der Waals surface area (Å²) in [5.74, 6) is 1.14. The maximum Gasteiger partial charge on any atom is 0.277 e. The van der Waals surface area contributed by atoms with Gasteiger partial charge in [-0.05, 0) is 30.3 Å². The molecule has 1 aromatic carbocycles. The molecule has 3 aromatic heterocycles. The molecule has 0 aliphatic carbocycles. The van der Waals surface area contributed by atoms with E-state index >= 15 is 0 Å². The lowest BCUT2D eigenvalue weighted by Crippen LogP contribution is -2.28. The normalized spacial score (nSPS) is 10.6. The Morgan fingerprint density at radius 3 is 2.74 bits per heavy atom. The van der Waals surface area contributed by atoms with Gasteiger partial charge in [0, 0.05) is 18.4 Å². The number of aromatic nitrogens is 3. The van der Waals surface area contributed by atoms with E-state index in [0.29, 0.717) is 28.1 Å². The summed E-state index contributed by atoms with van der Waals surface area (Å²) in [4.78, 5) is 40.2. The number of para-hydroxylation sites is 1. The standard InChI is InChI=1S/C23H21N5O5S/c1-15(29)24-13-17-7-9-20(33-17)19-14-34-23(25-19)26-22(31)18-8-10-21(30)28(27-18)11-12-32-16-5-3-2-4-6-16/h2-10,14H,11-13H2,1H3,(H,24,29)(H,25,26,31). The van der Waals surface area contributed by atoms with Gasteiger partial charge in [-0.1, -0.05) is 18.2 Å². The molecule has 0 atom stereocenters. The van der Waals surface area contributed by atoms with Crippen molar-refractivity contribution in [3.63, 3.8) is 0 Å². The highest BCUT2D eigenvalue weighted by Crippen LogP contribution is 2.26. The molecule has 0 radical (unpaired) electrons. The van der Waals surface area contributed by atoms with Crippen LogP contribution in [0, 0.1) is 0 Å². The number of benzene rings is 1. The van der Waals surface area contributed by atoms with Crippen LogP contribution >= 0.6 is 11.3 Å². The minimum atomic E-state index is -0.496. The van der Waals surface area contributed by atoms with Gasteiger partial charge < -0.3 is 14.5 Å². The molecule has 0 fully saturated rings. The lowest BCUT2D eigenvalue weighted by atomic mass is 10.3. The number of thiazole rings is 1. The number of rotatable bonds is 9. The molecule has 4 rings (SSSR count). The third kappa shape index (κ3) is 5.95. The van der Waals surface area contributed by atoms with Crippen LogP contribution in [-0.2, 0) is 17.9 Å². The molecule has 0 aliphatic heterocycles. The quantitative estimate of drug-likeness (QED) is 0.378. The van der Waals surface area contributed by atoms with E-state index in [0.717, 1.165) is 0 Å². The summed E-state index contributed by atoms with van der Waals surface area (Å²) in [7, 11) is 0. The molecule has 0 aliphatic rings. The average molecular weight is 480 g/mol. The van der Waals surface area contributed by atoms with Crippen molar-refractivity contribution in [2.24, 2.45) is 0 Å². The number of hydrogen-bond acceptors (Lipinski definition) is 8. The van der Waals surface area contributed by atoms with Gasteiger partial charge in [0.25, 0.3) is 11.5 Å². The molecule has 10 nitrogen and oxygen atoms in total. The number of hydrogen-bond donors (Lipinski definition) is 2. The second-order valence-electron chi connectivity index (χ2n) is 7.11. The lowest BCUT2D eigenvalue weighted by molar-refractivity contribution is -0.119. The van der Waals surface area contributed by atoms with Gasteiger partial charge in [-0.15, -0.1) is 11.3 Å². The molecule has 0 spiro atoms. The first-order valence-electron chi connectivity index (χ1n) is 10.3. The molecule has 2 N–H and O–H groups in total. The van der Waals surface area contributed by atoms with E-state index in [9.17, 15) is 14.4 Å². The molecule has 0 bridgehead atoms. The van der Waals surface area contributed by atoms with Crippen LogP contribution in [0.15, 0.2) is 69.2 Å². The zero-order chi connectivity index (χ0) is 23.9. The first kappa shape index (κ1) is 22.9. The third-order valence-electron chi connectivity index (χ3n) is 4.56. The van der Waals surface area contributed by atoms with Crippen LogP contribution in [-0.4, -0.2) is 33.2 Å². The van der Waals surface area contributed by atoms with Crippen LogP contribution in [0.4, 0.5) is 5.13 Å². The highest BCUT2D eigenvalue weighted by Gasteiger charge is 2.14. The van der Waals surface area contributed by atoms with Crippen LogP contribution < -0.4 is 20.9 Å². The molecule has 174 valence electrons. The fourth-order valence-electron chi connectivity index (χ4n) is 2.92. The molecule has 4 aromatic rings. The van der Waals surface area contributed by atoms with E-state index in [1.165, 1.54) is 35.1 Å². The van der Waals surface area contributed by atoms with Gasteiger partial charge in [-0.2, -0.15) is 5.10 Å². The summed E-state index contributed by atoms with van der Waals surface area (Å²) in [5.41, 5.74) is 0.287. The molecule has 3 heterocycles. The Hall–Kier alpha value is -4.25. The Bertz CT molecular complexity index is 1350. The number of anilines is 1. The molecule has 2 amide bonds. The molecular weight excluding hydrogens is 458 g/mol. The topological polar surface area (TPSA) is 128 Å². The minimum Gasteiger partial charge on any atom is -0.492 e. The monoisotopic (exact) mass is 479 g/mol.